The number of hydrogen-bond donors (Lipinski definition) is 2. The zero-order chi connectivity index (χ0) is 7.11. The Labute approximate surface area is 55.3 Å². The third-order valence-electron chi connectivity index (χ3n) is 1.16. The fraction of sp³-hybridized carbons (Fsp3) is 0.833. The van der Waals surface area contributed by atoms with E-state index in [1.807, 2.05) is 18.5 Å². The van der Waals surface area contributed by atoms with Gasteiger partial charge >= 0.3 is 0 Å². The molecular weight excluding hydrogens is 116 g/mol. The molecule has 3 heteroatoms. The maximum absolute atomic E-state index is 8.28. The summed E-state index contributed by atoms with van der Waals surface area (Å²) in [5.41, 5.74) is 1.93. The number of hydroxylamine groups is 1. The summed E-state index contributed by atoms with van der Waals surface area (Å²) in [6.45, 7) is 2.05. The molecule has 3 nitrogen and oxygen atoms in total. The van der Waals surface area contributed by atoms with E-state index < -0.39 is 0 Å². The molecule has 0 saturated carbocycles. The SMILES string of the molecule is CCCCC(C#N)NO. The van der Waals surface area contributed by atoms with Gasteiger partial charge in [0.2, 0.25) is 0 Å². The number of nitrogens with zero attached hydrogens (tertiary/aromatic N) is 1. The molecule has 0 aliphatic heterocycles. The molecule has 0 saturated heterocycles. The maximum Gasteiger partial charge on any atom is 0.118 e. The highest BCUT2D eigenvalue weighted by atomic mass is 16.5. The Morgan fingerprint density at radius 1 is 1.78 bits per heavy atom. The van der Waals surface area contributed by atoms with Crippen molar-refractivity contribution in [3.63, 3.8) is 0 Å². The summed E-state index contributed by atoms with van der Waals surface area (Å²) >= 11 is 0. The summed E-state index contributed by atoms with van der Waals surface area (Å²) in [4.78, 5) is 0. The lowest BCUT2D eigenvalue weighted by Crippen LogP contribution is -2.23. The number of hydrogen-bond acceptors (Lipinski definition) is 3. The topological polar surface area (TPSA) is 56.0 Å². The third kappa shape index (κ3) is 3.95. The van der Waals surface area contributed by atoms with E-state index in [0.29, 0.717) is 0 Å². The van der Waals surface area contributed by atoms with Gasteiger partial charge in [0, 0.05) is 0 Å². The van der Waals surface area contributed by atoms with Crippen molar-refractivity contribution in [3.8, 4) is 6.07 Å². The van der Waals surface area contributed by atoms with Crippen LogP contribution in [0.15, 0.2) is 0 Å². The maximum atomic E-state index is 8.28. The summed E-state index contributed by atoms with van der Waals surface area (Å²) < 4.78 is 0. The Hall–Kier alpha value is -0.590. The van der Waals surface area contributed by atoms with Gasteiger partial charge < -0.3 is 5.21 Å². The number of unbranched alkanes of at least 4 members (excludes halogenated alkanes) is 1. The second-order valence-corrected chi connectivity index (χ2v) is 1.95. The van der Waals surface area contributed by atoms with Crippen molar-refractivity contribution in [1.29, 1.82) is 5.26 Å². The molecule has 9 heavy (non-hydrogen) atoms. The molecule has 1 atom stereocenters. The molecular formula is C6H12N2O. The van der Waals surface area contributed by atoms with Crippen LogP contribution >= 0.6 is 0 Å². The number of nitriles is 1. The average molecular weight is 128 g/mol. The van der Waals surface area contributed by atoms with Gasteiger partial charge in [-0.25, -0.2) is 0 Å². The molecule has 0 radical (unpaired) electrons. The summed E-state index contributed by atoms with van der Waals surface area (Å²) in [6, 6.07) is 1.54. The minimum Gasteiger partial charge on any atom is -0.316 e. The number of rotatable bonds is 4. The molecule has 0 aliphatic carbocycles. The van der Waals surface area contributed by atoms with E-state index in [0.717, 1.165) is 19.3 Å². The van der Waals surface area contributed by atoms with E-state index in [1.165, 1.54) is 0 Å². The molecule has 0 amide bonds. The van der Waals surface area contributed by atoms with Crippen LogP contribution in [0.25, 0.3) is 0 Å². The van der Waals surface area contributed by atoms with Crippen molar-refractivity contribution in [2.24, 2.45) is 0 Å². The van der Waals surface area contributed by atoms with Crippen molar-refractivity contribution >= 4 is 0 Å². The van der Waals surface area contributed by atoms with Crippen LogP contribution in [0.1, 0.15) is 26.2 Å². The van der Waals surface area contributed by atoms with E-state index in [-0.39, 0.29) is 6.04 Å². The Bertz CT molecular complexity index is 97.7. The van der Waals surface area contributed by atoms with Gasteiger partial charge in [-0.05, 0) is 6.42 Å². The number of nitrogens with one attached hydrogen (secondary N) is 1. The van der Waals surface area contributed by atoms with Gasteiger partial charge in [0.05, 0.1) is 6.07 Å². The fourth-order valence-corrected chi connectivity index (χ4v) is 0.566. The van der Waals surface area contributed by atoms with E-state index in [2.05, 4.69) is 0 Å². The van der Waals surface area contributed by atoms with Crippen LogP contribution in [0.5, 0.6) is 0 Å². The van der Waals surface area contributed by atoms with Crippen molar-refractivity contribution < 1.29 is 5.21 Å². The summed E-state index contributed by atoms with van der Waals surface area (Å²) in [5.74, 6) is 0. The smallest absolute Gasteiger partial charge is 0.118 e. The van der Waals surface area contributed by atoms with Gasteiger partial charge in [-0.3, -0.25) is 0 Å². The molecule has 1 unspecified atom stereocenters. The predicted molar refractivity (Wildman–Crippen MR) is 33.8 cm³/mol. The summed E-state index contributed by atoms with van der Waals surface area (Å²) in [7, 11) is 0. The third-order valence-corrected chi connectivity index (χ3v) is 1.16. The zero-order valence-corrected chi connectivity index (χ0v) is 5.59. The molecule has 52 valence electrons. The van der Waals surface area contributed by atoms with Gasteiger partial charge in [0.25, 0.3) is 0 Å². The normalized spacial score (nSPS) is 12.6. The van der Waals surface area contributed by atoms with Gasteiger partial charge in [0.15, 0.2) is 0 Å². The first-order valence-corrected chi connectivity index (χ1v) is 3.14. The first kappa shape index (κ1) is 8.41. The van der Waals surface area contributed by atoms with Crippen molar-refractivity contribution in [2.45, 2.75) is 32.2 Å². The standard InChI is InChI=1S/C6H12N2O/c1-2-3-4-6(5-7)8-9/h6,8-9H,2-4H2,1H3. The fourth-order valence-electron chi connectivity index (χ4n) is 0.566. The lowest BCUT2D eigenvalue weighted by molar-refractivity contribution is 0.141. The highest BCUT2D eigenvalue weighted by molar-refractivity contribution is 4.86. The van der Waals surface area contributed by atoms with Gasteiger partial charge in [0.1, 0.15) is 6.04 Å². The molecule has 0 bridgehead atoms. The molecule has 0 fully saturated rings. The van der Waals surface area contributed by atoms with Crippen molar-refractivity contribution in [1.82, 2.24) is 5.48 Å². The first-order valence-electron chi connectivity index (χ1n) is 3.14. The average Bonchev–Trinajstić information content (AvgIpc) is 1.91. The Balaban J connectivity index is 3.23. The molecule has 0 heterocycles. The zero-order valence-electron chi connectivity index (χ0n) is 5.59. The highest BCUT2D eigenvalue weighted by Gasteiger charge is 2.01. The second kappa shape index (κ2) is 5.54. The van der Waals surface area contributed by atoms with Gasteiger partial charge in [-0.2, -0.15) is 10.7 Å². The Morgan fingerprint density at radius 2 is 2.44 bits per heavy atom. The molecule has 0 rings (SSSR count). The lowest BCUT2D eigenvalue weighted by Gasteiger charge is -2.02. The monoisotopic (exact) mass is 128 g/mol. The van der Waals surface area contributed by atoms with Crippen molar-refractivity contribution in [3.05, 3.63) is 0 Å². The molecule has 0 aliphatic rings. The van der Waals surface area contributed by atoms with E-state index >= 15 is 0 Å². The molecule has 0 spiro atoms. The molecule has 0 aromatic rings. The van der Waals surface area contributed by atoms with E-state index in [9.17, 15) is 0 Å². The molecule has 0 aromatic heterocycles. The predicted octanol–water partition coefficient (Wildman–Crippen LogP) is 1.05. The van der Waals surface area contributed by atoms with Crippen molar-refractivity contribution in [2.75, 3.05) is 0 Å². The van der Waals surface area contributed by atoms with Gasteiger partial charge in [-0.1, -0.05) is 19.8 Å². The lowest BCUT2D eigenvalue weighted by atomic mass is 10.1. The van der Waals surface area contributed by atoms with Crippen LogP contribution in [0.3, 0.4) is 0 Å². The van der Waals surface area contributed by atoms with Crippen LogP contribution in [0, 0.1) is 11.3 Å². The van der Waals surface area contributed by atoms with Crippen LogP contribution in [-0.4, -0.2) is 11.2 Å². The van der Waals surface area contributed by atoms with Crippen LogP contribution < -0.4 is 5.48 Å². The minimum atomic E-state index is -0.384. The van der Waals surface area contributed by atoms with Crippen LogP contribution in [0.4, 0.5) is 0 Å². The van der Waals surface area contributed by atoms with Crippen LogP contribution in [0.2, 0.25) is 0 Å². The largest absolute Gasteiger partial charge is 0.316 e. The summed E-state index contributed by atoms with van der Waals surface area (Å²) in [5, 5.41) is 16.6. The first-order chi connectivity index (χ1) is 4.35. The van der Waals surface area contributed by atoms with Gasteiger partial charge in [-0.15, -0.1) is 0 Å². The minimum absolute atomic E-state index is 0.384. The quantitative estimate of drug-likeness (QED) is 0.556. The molecule has 0 aromatic carbocycles. The van der Waals surface area contributed by atoms with Crippen LogP contribution in [-0.2, 0) is 0 Å². The molecule has 2 N–H and O–H groups in total. The Kier molecular flexibility index (Phi) is 5.18. The van der Waals surface area contributed by atoms with E-state index in [1.54, 1.807) is 0 Å². The Morgan fingerprint density at radius 3 is 2.78 bits per heavy atom. The summed E-state index contributed by atoms with van der Waals surface area (Å²) in [6.07, 6.45) is 2.76. The highest BCUT2D eigenvalue weighted by Crippen LogP contribution is 1.97. The second-order valence-electron chi connectivity index (χ2n) is 1.95. The van der Waals surface area contributed by atoms with E-state index in [4.69, 9.17) is 10.5 Å².